The summed E-state index contributed by atoms with van der Waals surface area (Å²) in [6.07, 6.45) is 0. The molecule has 0 atom stereocenters. The third-order valence-corrected chi connectivity index (χ3v) is 4.64. The summed E-state index contributed by atoms with van der Waals surface area (Å²) in [5.41, 5.74) is 0.932. The van der Waals surface area contributed by atoms with E-state index >= 15 is 0 Å². The van der Waals surface area contributed by atoms with E-state index in [4.69, 9.17) is 11.6 Å². The molecule has 0 aliphatic rings. The van der Waals surface area contributed by atoms with Crippen molar-refractivity contribution in [3.8, 4) is 0 Å². The van der Waals surface area contributed by atoms with Gasteiger partial charge < -0.3 is 5.32 Å². The monoisotopic (exact) mass is 357 g/mol. The number of rotatable bonds is 4. The highest BCUT2D eigenvalue weighted by Gasteiger charge is 2.08. The summed E-state index contributed by atoms with van der Waals surface area (Å²) in [4.78, 5) is 10.0. The third kappa shape index (κ3) is 3.84. The highest BCUT2D eigenvalue weighted by atomic mass is 79.9. The summed E-state index contributed by atoms with van der Waals surface area (Å²) in [5, 5.41) is 3.80. The van der Waals surface area contributed by atoms with Gasteiger partial charge in [-0.3, -0.25) is 0 Å². The predicted molar refractivity (Wildman–Crippen MR) is 85.0 cm³/mol. The first-order valence-electron chi connectivity index (χ1n) is 5.69. The zero-order valence-electron chi connectivity index (χ0n) is 10.6. The fourth-order valence-corrected chi connectivity index (χ4v) is 2.99. The van der Waals surface area contributed by atoms with Gasteiger partial charge in [-0.15, -0.1) is 11.8 Å². The first kappa shape index (κ1) is 14.6. The predicted octanol–water partition coefficient (Wildman–Crippen LogP) is 4.53. The second-order valence-electron chi connectivity index (χ2n) is 3.88. The van der Waals surface area contributed by atoms with Crippen molar-refractivity contribution in [1.82, 2.24) is 9.97 Å². The summed E-state index contributed by atoms with van der Waals surface area (Å²) in [6, 6.07) is 7.78. The molecule has 0 fully saturated rings. The molecule has 0 unspecified atom stereocenters. The van der Waals surface area contributed by atoms with Gasteiger partial charge in [-0.05, 0) is 41.1 Å². The topological polar surface area (TPSA) is 37.8 Å². The van der Waals surface area contributed by atoms with Crippen molar-refractivity contribution < 1.29 is 0 Å². The minimum absolute atomic E-state index is 0.711. The van der Waals surface area contributed by atoms with Gasteiger partial charge in [-0.25, -0.2) is 9.97 Å². The molecule has 2 rings (SSSR count). The Kier molecular flexibility index (Phi) is 5.07. The van der Waals surface area contributed by atoms with Crippen LogP contribution in [0.4, 0.5) is 5.82 Å². The average molecular weight is 359 g/mol. The van der Waals surface area contributed by atoms with Crippen LogP contribution in [0.3, 0.4) is 0 Å². The van der Waals surface area contributed by atoms with Crippen molar-refractivity contribution in [2.75, 3.05) is 12.4 Å². The van der Waals surface area contributed by atoms with Crippen molar-refractivity contribution in [3.63, 3.8) is 0 Å². The molecule has 3 nitrogen and oxygen atoms in total. The van der Waals surface area contributed by atoms with Gasteiger partial charge in [0.25, 0.3) is 0 Å². The number of halogens is 2. The molecule has 1 heterocycles. The van der Waals surface area contributed by atoms with Crippen LogP contribution >= 0.6 is 39.3 Å². The number of nitrogens with zero attached hydrogens (tertiary/aromatic N) is 2. The average Bonchev–Trinajstić information content (AvgIpc) is 2.40. The van der Waals surface area contributed by atoms with E-state index in [2.05, 4.69) is 31.2 Å². The second kappa shape index (κ2) is 6.59. The molecule has 2 aromatic rings. The number of benzene rings is 1. The maximum Gasteiger partial charge on any atom is 0.144 e. The maximum atomic E-state index is 5.96. The van der Waals surface area contributed by atoms with Crippen LogP contribution in [0.15, 0.2) is 33.6 Å². The van der Waals surface area contributed by atoms with E-state index in [1.807, 2.05) is 38.2 Å². The smallest absolute Gasteiger partial charge is 0.144 e. The van der Waals surface area contributed by atoms with Crippen LogP contribution in [-0.4, -0.2) is 17.0 Å². The zero-order valence-corrected chi connectivity index (χ0v) is 13.7. The van der Waals surface area contributed by atoms with Gasteiger partial charge >= 0.3 is 0 Å². The summed E-state index contributed by atoms with van der Waals surface area (Å²) in [6.45, 7) is 1.96. The zero-order chi connectivity index (χ0) is 13.8. The van der Waals surface area contributed by atoms with Crippen molar-refractivity contribution in [2.24, 2.45) is 0 Å². The Morgan fingerprint density at radius 2 is 2.16 bits per heavy atom. The van der Waals surface area contributed by atoms with Crippen molar-refractivity contribution in [1.29, 1.82) is 0 Å². The highest BCUT2D eigenvalue weighted by Crippen LogP contribution is 2.27. The summed E-state index contributed by atoms with van der Waals surface area (Å²) >= 11 is 11.1. The number of thioether (sulfide) groups is 1. The van der Waals surface area contributed by atoms with Crippen LogP contribution in [-0.2, 0) is 5.75 Å². The molecule has 0 amide bonds. The number of anilines is 1. The Bertz CT molecular complexity index is 592. The lowest BCUT2D eigenvalue weighted by molar-refractivity contribution is 0.985. The number of hydrogen-bond donors (Lipinski definition) is 1. The fraction of sp³-hybridized carbons (Fsp3) is 0.231. The molecule has 0 saturated carbocycles. The van der Waals surface area contributed by atoms with Gasteiger partial charge in [0.15, 0.2) is 0 Å². The van der Waals surface area contributed by atoms with Crippen LogP contribution in [0, 0.1) is 6.92 Å². The van der Waals surface area contributed by atoms with E-state index in [-0.39, 0.29) is 0 Å². The maximum absolute atomic E-state index is 5.96. The first-order chi connectivity index (χ1) is 9.10. The summed E-state index contributed by atoms with van der Waals surface area (Å²) in [7, 11) is 1.85. The Balaban J connectivity index is 2.13. The molecular weight excluding hydrogens is 346 g/mol. The molecule has 0 bridgehead atoms. The van der Waals surface area contributed by atoms with Crippen molar-refractivity contribution in [2.45, 2.75) is 17.6 Å². The summed E-state index contributed by atoms with van der Waals surface area (Å²) < 4.78 is 0.909. The summed E-state index contributed by atoms with van der Waals surface area (Å²) in [5.74, 6) is 2.33. The van der Waals surface area contributed by atoms with Gasteiger partial charge in [0.05, 0.1) is 15.9 Å². The molecule has 1 N–H and O–H groups in total. The molecule has 0 saturated heterocycles. The minimum atomic E-state index is 0.711. The molecule has 100 valence electrons. The number of nitrogens with one attached hydrogen (secondary N) is 1. The van der Waals surface area contributed by atoms with Crippen LogP contribution in [0.1, 0.15) is 11.5 Å². The fourth-order valence-electron chi connectivity index (χ4n) is 1.55. The standard InChI is InChI=1S/C13H13BrClN3S/c1-8-12(14)13(16-2)18-11(17-8)7-19-10-5-3-4-9(15)6-10/h3-6H,7H2,1-2H3,(H,16,17,18). The lowest BCUT2D eigenvalue weighted by Gasteiger charge is -2.08. The van der Waals surface area contributed by atoms with Gasteiger partial charge in [0.1, 0.15) is 11.6 Å². The number of hydrogen-bond acceptors (Lipinski definition) is 4. The highest BCUT2D eigenvalue weighted by molar-refractivity contribution is 9.10. The van der Waals surface area contributed by atoms with Crippen LogP contribution in [0.25, 0.3) is 0 Å². The SMILES string of the molecule is CNc1nc(CSc2cccc(Cl)c2)nc(C)c1Br. The lowest BCUT2D eigenvalue weighted by Crippen LogP contribution is -2.02. The van der Waals surface area contributed by atoms with E-state index in [9.17, 15) is 0 Å². The van der Waals surface area contributed by atoms with Gasteiger partial charge in [-0.2, -0.15) is 0 Å². The Labute approximate surface area is 130 Å². The quantitative estimate of drug-likeness (QED) is 0.815. The molecule has 19 heavy (non-hydrogen) atoms. The molecule has 0 radical (unpaired) electrons. The van der Waals surface area contributed by atoms with Crippen LogP contribution in [0.2, 0.25) is 5.02 Å². The first-order valence-corrected chi connectivity index (χ1v) is 7.85. The van der Waals surface area contributed by atoms with Gasteiger partial charge in [0.2, 0.25) is 0 Å². The van der Waals surface area contributed by atoms with Crippen LogP contribution in [0.5, 0.6) is 0 Å². The molecule has 1 aromatic carbocycles. The minimum Gasteiger partial charge on any atom is -0.372 e. The Hall–Kier alpha value is -0.780. The van der Waals surface area contributed by atoms with E-state index in [1.54, 1.807) is 11.8 Å². The molecule has 1 aromatic heterocycles. The van der Waals surface area contributed by atoms with E-state index < -0.39 is 0 Å². The Morgan fingerprint density at radius 1 is 1.37 bits per heavy atom. The van der Waals surface area contributed by atoms with Crippen molar-refractivity contribution in [3.05, 3.63) is 45.3 Å². The van der Waals surface area contributed by atoms with E-state index in [0.717, 1.165) is 31.7 Å². The van der Waals surface area contributed by atoms with Gasteiger partial charge in [-0.1, -0.05) is 17.7 Å². The Morgan fingerprint density at radius 3 is 2.84 bits per heavy atom. The molecule has 0 aliphatic heterocycles. The lowest BCUT2D eigenvalue weighted by atomic mass is 10.4. The van der Waals surface area contributed by atoms with Gasteiger partial charge in [0, 0.05) is 17.0 Å². The molecule has 0 spiro atoms. The van der Waals surface area contributed by atoms with E-state index in [0.29, 0.717) is 5.75 Å². The van der Waals surface area contributed by atoms with E-state index in [1.165, 1.54) is 0 Å². The largest absolute Gasteiger partial charge is 0.372 e. The molecule has 6 heteroatoms. The third-order valence-electron chi connectivity index (χ3n) is 2.46. The van der Waals surface area contributed by atoms with Crippen molar-refractivity contribution >= 4 is 45.1 Å². The number of aryl methyl sites for hydroxylation is 1. The normalized spacial score (nSPS) is 10.5. The number of aromatic nitrogens is 2. The molecule has 0 aliphatic carbocycles. The second-order valence-corrected chi connectivity index (χ2v) is 6.16. The van der Waals surface area contributed by atoms with Crippen LogP contribution < -0.4 is 5.32 Å². The molecular formula is C13H13BrClN3S.